The summed E-state index contributed by atoms with van der Waals surface area (Å²) in [7, 11) is 0. The molecule has 0 aliphatic rings. The van der Waals surface area contributed by atoms with Crippen molar-refractivity contribution in [3.8, 4) is 17.5 Å². The largest absolute Gasteiger partial charge is 0.255 e. The van der Waals surface area contributed by atoms with Gasteiger partial charge in [0.25, 0.3) is 0 Å². The Balaban J connectivity index is 2.49. The molecule has 3 nitrogen and oxygen atoms in total. The molecule has 3 heteroatoms. The normalized spacial score (nSPS) is 9.36. The molecule has 2 aromatic rings. The van der Waals surface area contributed by atoms with E-state index < -0.39 is 0 Å². The number of aromatic nitrogens is 2. The summed E-state index contributed by atoms with van der Waals surface area (Å²) in [5.74, 6) is 0. The van der Waals surface area contributed by atoms with Crippen LogP contribution in [0.1, 0.15) is 5.56 Å². The molecule has 0 saturated heterocycles. The molecule has 0 spiro atoms. The SMILES string of the molecule is N#Cc1ccnc(-c2ccc[c]n2)c1. The summed E-state index contributed by atoms with van der Waals surface area (Å²) in [5.41, 5.74) is 2.01. The summed E-state index contributed by atoms with van der Waals surface area (Å²) in [4.78, 5) is 8.15. The van der Waals surface area contributed by atoms with Crippen molar-refractivity contribution in [1.82, 2.24) is 9.97 Å². The van der Waals surface area contributed by atoms with E-state index in [-0.39, 0.29) is 0 Å². The molecule has 0 aromatic carbocycles. The van der Waals surface area contributed by atoms with Crippen molar-refractivity contribution >= 4 is 0 Å². The number of rotatable bonds is 1. The second-order valence-electron chi connectivity index (χ2n) is 2.69. The maximum Gasteiger partial charge on any atom is 0.0992 e. The summed E-state index contributed by atoms with van der Waals surface area (Å²) < 4.78 is 0. The first-order chi connectivity index (χ1) is 6.90. The lowest BCUT2D eigenvalue weighted by Gasteiger charge is -1.97. The van der Waals surface area contributed by atoms with E-state index >= 15 is 0 Å². The fourth-order valence-electron chi connectivity index (χ4n) is 1.11. The van der Waals surface area contributed by atoms with E-state index in [0.717, 1.165) is 5.69 Å². The van der Waals surface area contributed by atoms with E-state index in [1.165, 1.54) is 0 Å². The third kappa shape index (κ3) is 1.59. The second-order valence-corrected chi connectivity index (χ2v) is 2.69. The minimum atomic E-state index is 0.584. The highest BCUT2D eigenvalue weighted by molar-refractivity contribution is 5.55. The van der Waals surface area contributed by atoms with Gasteiger partial charge >= 0.3 is 0 Å². The van der Waals surface area contributed by atoms with Gasteiger partial charge in [-0.2, -0.15) is 5.26 Å². The Morgan fingerprint density at radius 1 is 1.29 bits per heavy atom. The van der Waals surface area contributed by atoms with Crippen LogP contribution in [-0.2, 0) is 0 Å². The molecule has 1 radical (unpaired) electrons. The van der Waals surface area contributed by atoms with E-state index in [4.69, 9.17) is 5.26 Å². The second kappa shape index (κ2) is 3.67. The number of pyridine rings is 2. The molecule has 0 amide bonds. The van der Waals surface area contributed by atoms with Crippen LogP contribution in [0, 0.1) is 17.5 Å². The predicted molar refractivity (Wildman–Crippen MR) is 51.0 cm³/mol. The Bertz CT molecular complexity index is 471. The van der Waals surface area contributed by atoms with Crippen molar-refractivity contribution in [1.29, 1.82) is 5.26 Å². The minimum Gasteiger partial charge on any atom is -0.255 e. The Morgan fingerprint density at radius 2 is 2.21 bits per heavy atom. The Kier molecular flexibility index (Phi) is 2.20. The van der Waals surface area contributed by atoms with Crippen molar-refractivity contribution in [2.75, 3.05) is 0 Å². The van der Waals surface area contributed by atoms with Gasteiger partial charge in [0.05, 0.1) is 29.2 Å². The van der Waals surface area contributed by atoms with Crippen LogP contribution in [0.3, 0.4) is 0 Å². The molecule has 0 N–H and O–H groups in total. The third-order valence-corrected chi connectivity index (χ3v) is 1.76. The molecule has 0 aliphatic heterocycles. The van der Waals surface area contributed by atoms with E-state index in [2.05, 4.69) is 22.2 Å². The summed E-state index contributed by atoms with van der Waals surface area (Å²) in [5, 5.41) is 8.70. The van der Waals surface area contributed by atoms with Gasteiger partial charge < -0.3 is 0 Å². The molecular formula is C11H6N3. The van der Waals surface area contributed by atoms with Crippen LogP contribution in [0.2, 0.25) is 0 Å². The van der Waals surface area contributed by atoms with Gasteiger partial charge in [0.2, 0.25) is 0 Å². The fourth-order valence-corrected chi connectivity index (χ4v) is 1.11. The molecule has 65 valence electrons. The van der Waals surface area contributed by atoms with Crippen molar-refractivity contribution in [3.05, 3.63) is 48.3 Å². The van der Waals surface area contributed by atoms with Gasteiger partial charge in [-0.25, -0.2) is 4.98 Å². The van der Waals surface area contributed by atoms with Crippen molar-refractivity contribution in [2.24, 2.45) is 0 Å². The maximum absolute atomic E-state index is 8.70. The first-order valence-corrected chi connectivity index (χ1v) is 4.10. The van der Waals surface area contributed by atoms with E-state index in [1.54, 1.807) is 24.4 Å². The summed E-state index contributed by atoms with van der Waals surface area (Å²) >= 11 is 0. The van der Waals surface area contributed by atoms with Gasteiger partial charge in [-0.15, -0.1) is 0 Å². The van der Waals surface area contributed by atoms with Crippen molar-refractivity contribution < 1.29 is 0 Å². The molecule has 2 rings (SSSR count). The van der Waals surface area contributed by atoms with Gasteiger partial charge in [-0.3, -0.25) is 4.98 Å². The zero-order valence-electron chi connectivity index (χ0n) is 7.31. The van der Waals surface area contributed by atoms with E-state index in [9.17, 15) is 0 Å². The van der Waals surface area contributed by atoms with Crippen LogP contribution in [0.5, 0.6) is 0 Å². The lowest BCUT2D eigenvalue weighted by molar-refractivity contribution is 1.23. The summed E-state index contributed by atoms with van der Waals surface area (Å²) in [6.07, 6.45) is 4.32. The first-order valence-electron chi connectivity index (χ1n) is 4.10. The van der Waals surface area contributed by atoms with Crippen LogP contribution in [0.15, 0.2) is 36.5 Å². The Morgan fingerprint density at radius 3 is 2.93 bits per heavy atom. The van der Waals surface area contributed by atoms with Gasteiger partial charge in [0.1, 0.15) is 0 Å². The molecule has 14 heavy (non-hydrogen) atoms. The topological polar surface area (TPSA) is 49.6 Å². The highest BCUT2D eigenvalue weighted by atomic mass is 14.8. The van der Waals surface area contributed by atoms with Crippen LogP contribution in [0.25, 0.3) is 11.4 Å². The van der Waals surface area contributed by atoms with Gasteiger partial charge in [-0.1, -0.05) is 6.07 Å². The molecule has 0 atom stereocenters. The first kappa shape index (κ1) is 8.39. The molecular weight excluding hydrogens is 174 g/mol. The molecule has 0 aliphatic carbocycles. The number of nitriles is 1. The smallest absolute Gasteiger partial charge is 0.0992 e. The van der Waals surface area contributed by atoms with Crippen LogP contribution in [-0.4, -0.2) is 9.97 Å². The molecule has 0 bridgehead atoms. The summed E-state index contributed by atoms with van der Waals surface area (Å²) in [6.45, 7) is 0. The highest BCUT2D eigenvalue weighted by Gasteiger charge is 2.00. The van der Waals surface area contributed by atoms with Gasteiger partial charge in [0.15, 0.2) is 0 Å². The summed E-state index contributed by atoms with van der Waals surface area (Å²) in [6, 6.07) is 10.8. The number of hydrogen-bond acceptors (Lipinski definition) is 3. The van der Waals surface area contributed by atoms with Gasteiger partial charge in [0, 0.05) is 6.20 Å². The lowest BCUT2D eigenvalue weighted by atomic mass is 10.2. The minimum absolute atomic E-state index is 0.584. The molecule has 2 heterocycles. The van der Waals surface area contributed by atoms with Crippen molar-refractivity contribution in [3.63, 3.8) is 0 Å². The predicted octanol–water partition coefficient (Wildman–Crippen LogP) is 1.82. The lowest BCUT2D eigenvalue weighted by Crippen LogP contribution is -1.87. The molecule has 0 unspecified atom stereocenters. The van der Waals surface area contributed by atoms with Gasteiger partial charge in [-0.05, 0) is 24.3 Å². The zero-order chi connectivity index (χ0) is 9.80. The average Bonchev–Trinajstić information content (AvgIpc) is 2.30. The standard InChI is InChI=1S/C11H6N3/c12-8-9-4-6-14-11(7-9)10-3-1-2-5-13-10/h1-4,6-7H. The number of hydrogen-bond donors (Lipinski definition) is 0. The molecule has 0 fully saturated rings. The fraction of sp³-hybridized carbons (Fsp3) is 0. The Labute approximate surface area is 81.7 Å². The number of nitrogens with zero attached hydrogens (tertiary/aromatic N) is 3. The highest BCUT2D eigenvalue weighted by Crippen LogP contribution is 2.13. The van der Waals surface area contributed by atoms with Crippen LogP contribution in [0.4, 0.5) is 0 Å². The molecule has 0 saturated carbocycles. The average molecular weight is 180 g/mol. The van der Waals surface area contributed by atoms with E-state index in [0.29, 0.717) is 11.3 Å². The zero-order valence-corrected chi connectivity index (χ0v) is 7.31. The van der Waals surface area contributed by atoms with Crippen LogP contribution >= 0.6 is 0 Å². The van der Waals surface area contributed by atoms with E-state index in [1.807, 2.05) is 12.1 Å². The Hall–Kier alpha value is -2.21. The van der Waals surface area contributed by atoms with Crippen LogP contribution < -0.4 is 0 Å². The maximum atomic E-state index is 8.70. The molecule has 2 aromatic heterocycles. The third-order valence-electron chi connectivity index (χ3n) is 1.76. The van der Waals surface area contributed by atoms with Crippen molar-refractivity contribution in [2.45, 2.75) is 0 Å². The quantitative estimate of drug-likeness (QED) is 0.672. The monoisotopic (exact) mass is 180 g/mol.